The van der Waals surface area contributed by atoms with Crippen LogP contribution in [0.4, 0.5) is 0 Å². The normalized spacial score (nSPS) is 9.78. The minimum absolute atomic E-state index is 0.250. The number of thiophene rings is 1. The van der Waals surface area contributed by atoms with Crippen molar-refractivity contribution in [2.75, 3.05) is 0 Å². The highest BCUT2D eigenvalue weighted by atomic mass is 32.1. The highest BCUT2D eigenvalue weighted by Gasteiger charge is 2.07. The SMILES string of the molecule is O=C(Cc1cccs1)NNC(=O)c1ccncc1. The summed E-state index contributed by atoms with van der Waals surface area (Å²) in [4.78, 5) is 27.9. The molecule has 2 N–H and O–H groups in total. The quantitative estimate of drug-likeness (QED) is 0.814. The Morgan fingerprint density at radius 2 is 1.94 bits per heavy atom. The Morgan fingerprint density at radius 1 is 1.17 bits per heavy atom. The summed E-state index contributed by atoms with van der Waals surface area (Å²) in [5, 5.41) is 1.90. The maximum absolute atomic E-state index is 11.6. The van der Waals surface area contributed by atoms with Gasteiger partial charge in [-0.2, -0.15) is 0 Å². The number of carbonyl (C=O) groups excluding carboxylic acids is 2. The number of hydrogen-bond acceptors (Lipinski definition) is 4. The van der Waals surface area contributed by atoms with Crippen LogP contribution in [-0.2, 0) is 11.2 Å². The lowest BCUT2D eigenvalue weighted by molar-refractivity contribution is -0.121. The third kappa shape index (κ3) is 3.39. The lowest BCUT2D eigenvalue weighted by atomic mass is 10.2. The Morgan fingerprint density at radius 3 is 2.61 bits per heavy atom. The average Bonchev–Trinajstić information content (AvgIpc) is 2.90. The fourth-order valence-corrected chi connectivity index (χ4v) is 2.02. The molecule has 0 spiro atoms. The zero-order valence-corrected chi connectivity index (χ0v) is 10.2. The van der Waals surface area contributed by atoms with E-state index >= 15 is 0 Å². The number of nitrogens with one attached hydrogen (secondary N) is 2. The fraction of sp³-hybridized carbons (Fsp3) is 0.0833. The van der Waals surface area contributed by atoms with Crippen molar-refractivity contribution in [2.45, 2.75) is 6.42 Å². The molecule has 2 aromatic rings. The molecule has 0 radical (unpaired) electrons. The van der Waals surface area contributed by atoms with Crippen LogP contribution in [0.5, 0.6) is 0 Å². The maximum atomic E-state index is 11.6. The number of hydrazine groups is 1. The van der Waals surface area contributed by atoms with Gasteiger partial charge in [0, 0.05) is 22.8 Å². The first-order valence-electron chi connectivity index (χ1n) is 5.27. The van der Waals surface area contributed by atoms with Gasteiger partial charge < -0.3 is 0 Å². The molecule has 0 aromatic carbocycles. The summed E-state index contributed by atoms with van der Waals surface area (Å²) in [5.74, 6) is -0.614. The molecule has 0 aliphatic heterocycles. The minimum atomic E-state index is -0.364. The van der Waals surface area contributed by atoms with Crippen molar-refractivity contribution in [1.82, 2.24) is 15.8 Å². The van der Waals surface area contributed by atoms with E-state index in [1.165, 1.54) is 23.7 Å². The number of carbonyl (C=O) groups is 2. The molecular formula is C12H11N3O2S. The van der Waals surface area contributed by atoms with E-state index in [2.05, 4.69) is 15.8 Å². The maximum Gasteiger partial charge on any atom is 0.269 e. The molecule has 0 bridgehead atoms. The Bertz CT molecular complexity index is 526. The largest absolute Gasteiger partial charge is 0.273 e. The zero-order chi connectivity index (χ0) is 12.8. The molecule has 0 saturated heterocycles. The third-order valence-corrected chi connectivity index (χ3v) is 3.05. The number of rotatable bonds is 3. The summed E-state index contributed by atoms with van der Waals surface area (Å²) in [6, 6.07) is 6.89. The first-order valence-corrected chi connectivity index (χ1v) is 6.15. The molecule has 92 valence electrons. The molecule has 2 aromatic heterocycles. The molecule has 0 aliphatic rings. The molecule has 0 aliphatic carbocycles. The molecule has 2 heterocycles. The summed E-state index contributed by atoms with van der Waals surface area (Å²) in [6.45, 7) is 0. The summed E-state index contributed by atoms with van der Waals surface area (Å²) in [5.41, 5.74) is 5.16. The molecular weight excluding hydrogens is 250 g/mol. The minimum Gasteiger partial charge on any atom is -0.273 e. The Hall–Kier alpha value is -2.21. The van der Waals surface area contributed by atoms with Gasteiger partial charge in [-0.25, -0.2) is 0 Å². The fourth-order valence-electron chi connectivity index (χ4n) is 1.32. The highest BCUT2D eigenvalue weighted by Crippen LogP contribution is 2.08. The van der Waals surface area contributed by atoms with E-state index in [4.69, 9.17) is 0 Å². The van der Waals surface area contributed by atoms with Crippen LogP contribution in [0.3, 0.4) is 0 Å². The monoisotopic (exact) mass is 261 g/mol. The smallest absolute Gasteiger partial charge is 0.269 e. The van der Waals surface area contributed by atoms with Gasteiger partial charge in [0.1, 0.15) is 0 Å². The molecule has 18 heavy (non-hydrogen) atoms. The Labute approximate surface area is 108 Å². The van der Waals surface area contributed by atoms with Gasteiger partial charge in [-0.1, -0.05) is 6.07 Å². The van der Waals surface area contributed by atoms with Crippen LogP contribution < -0.4 is 10.9 Å². The van der Waals surface area contributed by atoms with E-state index in [9.17, 15) is 9.59 Å². The molecule has 0 saturated carbocycles. The molecule has 0 atom stereocenters. The van der Waals surface area contributed by atoms with Gasteiger partial charge in [0.2, 0.25) is 5.91 Å². The highest BCUT2D eigenvalue weighted by molar-refractivity contribution is 7.10. The molecule has 6 heteroatoms. The van der Waals surface area contributed by atoms with Gasteiger partial charge in [-0.15, -0.1) is 11.3 Å². The topological polar surface area (TPSA) is 71.1 Å². The third-order valence-electron chi connectivity index (χ3n) is 2.17. The number of pyridine rings is 1. The van der Waals surface area contributed by atoms with Crippen molar-refractivity contribution in [3.8, 4) is 0 Å². The number of aromatic nitrogens is 1. The molecule has 0 unspecified atom stereocenters. The van der Waals surface area contributed by atoms with Crippen molar-refractivity contribution >= 4 is 23.2 Å². The van der Waals surface area contributed by atoms with E-state index in [1.54, 1.807) is 12.1 Å². The van der Waals surface area contributed by atoms with Crippen molar-refractivity contribution in [1.29, 1.82) is 0 Å². The van der Waals surface area contributed by atoms with E-state index < -0.39 is 0 Å². The second-order valence-electron chi connectivity index (χ2n) is 3.49. The Kier molecular flexibility index (Phi) is 4.03. The van der Waals surface area contributed by atoms with Crippen molar-refractivity contribution < 1.29 is 9.59 Å². The summed E-state index contributed by atoms with van der Waals surface area (Å²) in [7, 11) is 0. The Balaban J connectivity index is 1.81. The van der Waals surface area contributed by atoms with E-state index in [0.717, 1.165) is 4.88 Å². The van der Waals surface area contributed by atoms with Crippen LogP contribution in [0, 0.1) is 0 Å². The second kappa shape index (κ2) is 5.92. The number of nitrogens with zero attached hydrogens (tertiary/aromatic N) is 1. The summed E-state index contributed by atoms with van der Waals surface area (Å²) in [6.07, 6.45) is 3.29. The van der Waals surface area contributed by atoms with Crippen LogP contribution in [0.15, 0.2) is 42.0 Å². The molecule has 2 rings (SSSR count). The van der Waals surface area contributed by atoms with E-state index in [0.29, 0.717) is 5.56 Å². The van der Waals surface area contributed by atoms with E-state index in [-0.39, 0.29) is 18.2 Å². The van der Waals surface area contributed by atoms with Crippen LogP contribution in [-0.4, -0.2) is 16.8 Å². The van der Waals surface area contributed by atoms with Crippen LogP contribution >= 0.6 is 11.3 Å². The summed E-state index contributed by atoms with van der Waals surface area (Å²) >= 11 is 1.50. The average molecular weight is 261 g/mol. The van der Waals surface area contributed by atoms with Crippen molar-refractivity contribution in [2.24, 2.45) is 0 Å². The first-order chi connectivity index (χ1) is 8.75. The lowest BCUT2D eigenvalue weighted by Gasteiger charge is -2.06. The first kappa shape index (κ1) is 12.3. The summed E-state index contributed by atoms with van der Waals surface area (Å²) < 4.78 is 0. The van der Waals surface area contributed by atoms with Gasteiger partial charge in [0.05, 0.1) is 6.42 Å². The molecule has 5 nitrogen and oxygen atoms in total. The van der Waals surface area contributed by atoms with Gasteiger partial charge >= 0.3 is 0 Å². The van der Waals surface area contributed by atoms with Gasteiger partial charge in [0.25, 0.3) is 5.91 Å². The van der Waals surface area contributed by atoms with Crippen molar-refractivity contribution in [3.63, 3.8) is 0 Å². The zero-order valence-electron chi connectivity index (χ0n) is 9.42. The van der Waals surface area contributed by atoms with E-state index in [1.807, 2.05) is 17.5 Å². The lowest BCUT2D eigenvalue weighted by Crippen LogP contribution is -2.42. The van der Waals surface area contributed by atoms with Crippen LogP contribution in [0.25, 0.3) is 0 Å². The van der Waals surface area contributed by atoms with Gasteiger partial charge in [-0.05, 0) is 23.6 Å². The predicted molar refractivity (Wildman–Crippen MR) is 67.9 cm³/mol. The van der Waals surface area contributed by atoms with Crippen LogP contribution in [0.1, 0.15) is 15.2 Å². The molecule has 2 amide bonds. The van der Waals surface area contributed by atoms with Crippen LogP contribution in [0.2, 0.25) is 0 Å². The van der Waals surface area contributed by atoms with Gasteiger partial charge in [-0.3, -0.25) is 25.4 Å². The standard InChI is InChI=1S/C12H11N3O2S/c16-11(8-10-2-1-7-18-10)14-15-12(17)9-3-5-13-6-4-9/h1-7H,8H2,(H,14,16)(H,15,17). The van der Waals surface area contributed by atoms with Crippen molar-refractivity contribution in [3.05, 3.63) is 52.5 Å². The number of amides is 2. The predicted octanol–water partition coefficient (Wildman–Crippen LogP) is 1.15. The number of hydrogen-bond donors (Lipinski definition) is 2. The molecule has 0 fully saturated rings. The second-order valence-corrected chi connectivity index (χ2v) is 4.53. The van der Waals surface area contributed by atoms with Gasteiger partial charge in [0.15, 0.2) is 0 Å².